The van der Waals surface area contributed by atoms with E-state index in [-0.39, 0.29) is 47.5 Å². The number of hydrogen-bond acceptors (Lipinski definition) is 2. The molecule has 0 unspecified atom stereocenters. The maximum Gasteiger partial charge on any atom is 0.416 e. The van der Waals surface area contributed by atoms with Crippen LogP contribution in [-0.4, -0.2) is 15.9 Å². The minimum atomic E-state index is -5.42. The van der Waals surface area contributed by atoms with Gasteiger partial charge in [0.1, 0.15) is 0 Å². The third kappa shape index (κ3) is 7.34. The van der Waals surface area contributed by atoms with E-state index in [0.29, 0.717) is 26.1 Å². The molecule has 0 heterocycles. The number of nitrogens with two attached hydrogens (primary N) is 2. The normalized spacial score (nSPS) is 15.7. The Morgan fingerprint density at radius 2 is 0.911 bits per heavy atom. The molecule has 1 aliphatic rings. The zero-order chi connectivity index (χ0) is 41.2. The first-order valence-electron chi connectivity index (χ1n) is 16.0. The molecule has 5 aromatic rings. The zero-order valence-electron chi connectivity index (χ0n) is 27.9. The number of thiocarbonyl (C=S) groups is 2. The van der Waals surface area contributed by atoms with Crippen molar-refractivity contribution in [1.29, 1.82) is 0 Å². The Morgan fingerprint density at radius 1 is 0.518 bits per heavy atom. The molecule has 0 radical (unpaired) electrons. The van der Waals surface area contributed by atoms with E-state index >= 15 is 0 Å². The molecule has 6 rings (SSSR count). The highest BCUT2D eigenvalue weighted by atomic mass is 32.1. The van der Waals surface area contributed by atoms with Gasteiger partial charge in [0.15, 0.2) is 15.9 Å². The van der Waals surface area contributed by atoms with Crippen molar-refractivity contribution in [2.75, 3.05) is 9.80 Å². The Balaban J connectivity index is 1.86. The minimum Gasteiger partial charge on any atom is -0.376 e. The Hall–Kier alpha value is -5.36. The van der Waals surface area contributed by atoms with Gasteiger partial charge in [0.05, 0.1) is 28.2 Å². The third-order valence-corrected chi connectivity index (χ3v) is 9.56. The summed E-state index contributed by atoms with van der Waals surface area (Å²) in [6, 6.07) is 18.3. The number of alkyl halides is 12. The van der Waals surface area contributed by atoms with Crippen LogP contribution in [0, 0.1) is 0 Å². The Kier molecular flexibility index (Phi) is 10.1. The fraction of sp³-hybridized carbons (Fsp3) is 0.158. The second kappa shape index (κ2) is 14.0. The Morgan fingerprint density at radius 3 is 1.36 bits per heavy atom. The molecular formula is C38H24F12N4S2. The van der Waals surface area contributed by atoms with Crippen molar-refractivity contribution in [3.05, 3.63) is 148 Å². The molecule has 4 nitrogen and oxygen atoms in total. The molecule has 4 N–H and O–H groups in total. The average molecular weight is 829 g/mol. The van der Waals surface area contributed by atoms with Crippen LogP contribution in [0.2, 0.25) is 0 Å². The van der Waals surface area contributed by atoms with E-state index in [1.54, 1.807) is 48.5 Å². The summed E-state index contributed by atoms with van der Waals surface area (Å²) in [6.45, 7) is 0. The molecule has 18 heteroatoms. The minimum absolute atomic E-state index is 0.171. The monoisotopic (exact) mass is 828 g/mol. The van der Waals surface area contributed by atoms with Crippen molar-refractivity contribution in [2.24, 2.45) is 11.5 Å². The molecule has 0 aromatic heterocycles. The highest BCUT2D eigenvalue weighted by Gasteiger charge is 2.55. The molecule has 1 aliphatic carbocycles. The van der Waals surface area contributed by atoms with Gasteiger partial charge in [-0.25, -0.2) is 0 Å². The van der Waals surface area contributed by atoms with Gasteiger partial charge in [-0.15, -0.1) is 0 Å². The van der Waals surface area contributed by atoms with Crippen molar-refractivity contribution in [2.45, 2.75) is 36.3 Å². The molecule has 292 valence electrons. The standard InChI is InChI=1S/C38H24F12N4S2/c39-35(40,41)22-14-23(36(42,43)44)17-26(16-22)53(32(51)55)34(54(33(52)56)27-18-24(37(45,46)47)15-25(19-27)38(48,49)50)13-12-21-7-2-4-10-29(21)31(34)30-11-5-8-20-6-1-3-9-28(20)30/h1-19,31H,(H2,51,55)(H2,52,56)/t31-/m1/s1. The molecule has 5 aromatic carbocycles. The van der Waals surface area contributed by atoms with Gasteiger partial charge in [0.2, 0.25) is 0 Å². The van der Waals surface area contributed by atoms with Crippen molar-refractivity contribution >= 4 is 62.9 Å². The molecule has 0 saturated carbocycles. The van der Waals surface area contributed by atoms with E-state index in [2.05, 4.69) is 0 Å². The molecular weight excluding hydrogens is 805 g/mol. The summed E-state index contributed by atoms with van der Waals surface area (Å²) < 4.78 is 173. The smallest absolute Gasteiger partial charge is 0.376 e. The maximum atomic E-state index is 14.4. The predicted molar refractivity (Wildman–Crippen MR) is 195 cm³/mol. The molecule has 1 atom stereocenters. The van der Waals surface area contributed by atoms with Crippen molar-refractivity contribution in [3.63, 3.8) is 0 Å². The van der Waals surface area contributed by atoms with Gasteiger partial charge in [-0.1, -0.05) is 72.8 Å². The lowest BCUT2D eigenvalue weighted by Gasteiger charge is -2.55. The molecule has 0 aliphatic heterocycles. The molecule has 0 amide bonds. The van der Waals surface area contributed by atoms with Gasteiger partial charge in [0.25, 0.3) is 0 Å². The van der Waals surface area contributed by atoms with Crippen molar-refractivity contribution in [1.82, 2.24) is 0 Å². The summed E-state index contributed by atoms with van der Waals surface area (Å²) in [6.07, 6.45) is -19.2. The lowest BCUT2D eigenvalue weighted by Crippen LogP contribution is -2.69. The third-order valence-electron chi connectivity index (χ3n) is 9.19. The molecule has 0 saturated heterocycles. The van der Waals surface area contributed by atoms with E-state index in [4.69, 9.17) is 35.9 Å². The second-order valence-electron chi connectivity index (χ2n) is 12.6. The van der Waals surface area contributed by atoms with Crippen LogP contribution in [0.5, 0.6) is 0 Å². The summed E-state index contributed by atoms with van der Waals surface area (Å²) in [4.78, 5) is 1.16. The SMILES string of the molecule is NC(=S)N(c1cc(C(F)(F)F)cc(C(F)(F)F)c1)C1(N(C(N)=S)c2cc(C(F)(F)F)cc(C(F)(F)F)c2)C=Cc2ccccc2[C@@H]1c1cccc2ccccc12. The van der Waals surface area contributed by atoms with E-state index in [1.807, 2.05) is 0 Å². The second-order valence-corrected chi connectivity index (χ2v) is 13.5. The van der Waals surface area contributed by atoms with Crippen molar-refractivity contribution < 1.29 is 52.7 Å². The number of anilines is 2. The van der Waals surface area contributed by atoms with Gasteiger partial charge in [0, 0.05) is 11.4 Å². The first-order chi connectivity index (χ1) is 25.9. The van der Waals surface area contributed by atoms with E-state index < -0.39 is 80.1 Å². The topological polar surface area (TPSA) is 58.5 Å². The van der Waals surface area contributed by atoms with Crippen LogP contribution in [0.1, 0.15) is 44.9 Å². The number of hydrogen-bond donors (Lipinski definition) is 2. The summed E-state index contributed by atoms with van der Waals surface area (Å²) in [5.41, 5.74) is 1.42. The van der Waals surface area contributed by atoms with Gasteiger partial charge in [-0.3, -0.25) is 9.80 Å². The van der Waals surface area contributed by atoms with Gasteiger partial charge in [-0.2, -0.15) is 52.7 Å². The fourth-order valence-electron chi connectivity index (χ4n) is 7.03. The van der Waals surface area contributed by atoms with Crippen LogP contribution < -0.4 is 21.3 Å². The molecule has 56 heavy (non-hydrogen) atoms. The molecule has 0 spiro atoms. The van der Waals surface area contributed by atoms with Crippen LogP contribution in [-0.2, 0) is 24.7 Å². The number of nitrogens with zero attached hydrogens (tertiary/aromatic N) is 2. The number of benzene rings is 5. The quantitative estimate of drug-likeness (QED) is 0.105. The molecule has 0 fully saturated rings. The Bertz CT molecular complexity index is 2220. The highest BCUT2D eigenvalue weighted by molar-refractivity contribution is 7.80. The van der Waals surface area contributed by atoms with Crippen LogP contribution in [0.3, 0.4) is 0 Å². The van der Waals surface area contributed by atoms with E-state index in [9.17, 15) is 52.7 Å². The number of fused-ring (bicyclic) bond motifs is 2. The van der Waals surface area contributed by atoms with Crippen LogP contribution in [0.15, 0.2) is 109 Å². The maximum absolute atomic E-state index is 14.4. The summed E-state index contributed by atoms with van der Waals surface area (Å²) >= 11 is 10.8. The van der Waals surface area contributed by atoms with E-state index in [1.165, 1.54) is 24.3 Å². The zero-order valence-corrected chi connectivity index (χ0v) is 29.6. The number of rotatable bonds is 5. The van der Waals surface area contributed by atoms with Crippen LogP contribution in [0.4, 0.5) is 64.1 Å². The van der Waals surface area contributed by atoms with Crippen LogP contribution in [0.25, 0.3) is 16.8 Å². The number of halogens is 12. The summed E-state index contributed by atoms with van der Waals surface area (Å²) in [5, 5.41) is -0.959. The van der Waals surface area contributed by atoms with Gasteiger partial charge < -0.3 is 11.5 Å². The first kappa shape index (κ1) is 40.3. The lowest BCUT2D eigenvalue weighted by atomic mass is 9.71. The predicted octanol–water partition coefficient (Wildman–Crippen LogP) is 11.3. The van der Waals surface area contributed by atoms with E-state index in [0.717, 1.165) is 6.08 Å². The highest BCUT2D eigenvalue weighted by Crippen LogP contribution is 2.53. The lowest BCUT2D eigenvalue weighted by molar-refractivity contribution is -0.144. The van der Waals surface area contributed by atoms with Crippen molar-refractivity contribution in [3.8, 4) is 0 Å². The average Bonchev–Trinajstić information content (AvgIpc) is 3.09. The largest absolute Gasteiger partial charge is 0.416 e. The van der Waals surface area contributed by atoms with Gasteiger partial charge in [-0.05, 0) is 94.4 Å². The molecule has 0 bridgehead atoms. The Labute approximate surface area is 320 Å². The van der Waals surface area contributed by atoms with Gasteiger partial charge >= 0.3 is 24.7 Å². The van der Waals surface area contributed by atoms with Crippen LogP contribution >= 0.6 is 24.4 Å². The summed E-state index contributed by atoms with van der Waals surface area (Å²) in [5.74, 6) is -1.51. The summed E-state index contributed by atoms with van der Waals surface area (Å²) in [7, 11) is 0. The fourth-order valence-corrected chi connectivity index (χ4v) is 7.53. The first-order valence-corrected chi connectivity index (χ1v) is 16.8.